The Morgan fingerprint density at radius 2 is 1.86 bits per heavy atom. The standard InChI is InChI=1S/C18H23Cl2NO/c1-14(12-15-8-4-2-5-9-15)13-21(18(22)17(19)20)16-10-6-3-7-11-16/h2,4-5,8-9,12,16-17H,3,6-7,10-11,13H2,1H3/b14-12+. The second-order valence-electron chi connectivity index (χ2n) is 5.96. The molecule has 1 amide bonds. The van der Waals surface area contributed by atoms with Crippen LogP contribution in [0.15, 0.2) is 35.9 Å². The van der Waals surface area contributed by atoms with Gasteiger partial charge in [-0.15, -0.1) is 0 Å². The van der Waals surface area contributed by atoms with Gasteiger partial charge in [-0.2, -0.15) is 0 Å². The van der Waals surface area contributed by atoms with Gasteiger partial charge in [0.1, 0.15) is 0 Å². The fourth-order valence-corrected chi connectivity index (χ4v) is 3.30. The third-order valence-corrected chi connectivity index (χ3v) is 4.49. The van der Waals surface area contributed by atoms with Crippen LogP contribution < -0.4 is 0 Å². The Balaban J connectivity index is 2.11. The summed E-state index contributed by atoms with van der Waals surface area (Å²) in [6, 6.07) is 10.4. The SMILES string of the molecule is C/C(=C\c1ccccc1)CN(C(=O)C(Cl)Cl)C1CCCCC1. The van der Waals surface area contributed by atoms with Crippen molar-refractivity contribution < 1.29 is 4.79 Å². The molecule has 0 radical (unpaired) electrons. The number of nitrogens with zero attached hydrogens (tertiary/aromatic N) is 1. The number of alkyl halides is 2. The molecule has 1 aliphatic rings. The van der Waals surface area contributed by atoms with E-state index in [4.69, 9.17) is 23.2 Å². The molecular formula is C18H23Cl2NO. The first kappa shape index (κ1) is 17.4. The second kappa shape index (κ2) is 8.59. The summed E-state index contributed by atoms with van der Waals surface area (Å²) in [5.41, 5.74) is 2.28. The zero-order valence-electron chi connectivity index (χ0n) is 13.0. The Bertz CT molecular complexity index is 507. The Morgan fingerprint density at radius 3 is 2.45 bits per heavy atom. The quantitative estimate of drug-likeness (QED) is 0.687. The summed E-state index contributed by atoms with van der Waals surface area (Å²) >= 11 is 11.7. The summed E-state index contributed by atoms with van der Waals surface area (Å²) in [7, 11) is 0. The molecule has 1 fully saturated rings. The fraction of sp³-hybridized carbons (Fsp3) is 0.500. The first-order chi connectivity index (χ1) is 10.6. The monoisotopic (exact) mass is 339 g/mol. The molecule has 1 aromatic rings. The molecule has 0 aliphatic heterocycles. The highest BCUT2D eigenvalue weighted by atomic mass is 35.5. The smallest absolute Gasteiger partial charge is 0.256 e. The maximum absolute atomic E-state index is 12.4. The molecule has 2 nitrogen and oxygen atoms in total. The summed E-state index contributed by atoms with van der Waals surface area (Å²) in [5, 5.41) is 0. The van der Waals surface area contributed by atoms with Crippen molar-refractivity contribution in [3.05, 3.63) is 41.5 Å². The van der Waals surface area contributed by atoms with E-state index in [-0.39, 0.29) is 11.9 Å². The van der Waals surface area contributed by atoms with Crippen LogP contribution in [0.2, 0.25) is 0 Å². The number of carbonyl (C=O) groups excluding carboxylic acids is 1. The second-order valence-corrected chi connectivity index (χ2v) is 7.06. The number of rotatable bonds is 5. The largest absolute Gasteiger partial charge is 0.333 e. The van der Waals surface area contributed by atoms with Crippen molar-refractivity contribution in [2.45, 2.75) is 49.9 Å². The summed E-state index contributed by atoms with van der Waals surface area (Å²) < 4.78 is 0. The first-order valence-electron chi connectivity index (χ1n) is 7.89. The van der Waals surface area contributed by atoms with Gasteiger partial charge in [0.25, 0.3) is 5.91 Å². The lowest BCUT2D eigenvalue weighted by atomic mass is 9.93. The average Bonchev–Trinajstić information content (AvgIpc) is 2.53. The number of hydrogen-bond donors (Lipinski definition) is 0. The van der Waals surface area contributed by atoms with E-state index in [9.17, 15) is 4.79 Å². The van der Waals surface area contributed by atoms with E-state index in [1.165, 1.54) is 19.3 Å². The first-order valence-corrected chi connectivity index (χ1v) is 8.76. The lowest BCUT2D eigenvalue weighted by Gasteiger charge is -2.35. The van der Waals surface area contributed by atoms with Crippen LogP contribution in [-0.2, 0) is 4.79 Å². The molecule has 2 rings (SSSR count). The van der Waals surface area contributed by atoms with Gasteiger partial charge in [-0.25, -0.2) is 0 Å². The molecule has 4 heteroatoms. The predicted octanol–water partition coefficient (Wildman–Crippen LogP) is 5.05. The zero-order valence-corrected chi connectivity index (χ0v) is 14.5. The maximum Gasteiger partial charge on any atom is 0.256 e. The molecular weight excluding hydrogens is 317 g/mol. The molecule has 0 heterocycles. The van der Waals surface area contributed by atoms with Crippen LogP contribution in [0.4, 0.5) is 0 Å². The molecule has 22 heavy (non-hydrogen) atoms. The molecule has 1 aromatic carbocycles. The molecule has 0 N–H and O–H groups in total. The average molecular weight is 340 g/mol. The Labute approximate surface area is 143 Å². The maximum atomic E-state index is 12.4. The van der Waals surface area contributed by atoms with Crippen LogP contribution >= 0.6 is 23.2 Å². The Morgan fingerprint density at radius 1 is 1.23 bits per heavy atom. The molecule has 0 unspecified atom stereocenters. The van der Waals surface area contributed by atoms with Gasteiger partial charge < -0.3 is 4.90 Å². The highest BCUT2D eigenvalue weighted by molar-refractivity contribution is 6.53. The normalized spacial score (nSPS) is 16.8. The minimum Gasteiger partial charge on any atom is -0.333 e. The van der Waals surface area contributed by atoms with Gasteiger partial charge >= 0.3 is 0 Å². The van der Waals surface area contributed by atoms with Crippen LogP contribution in [0.25, 0.3) is 6.08 Å². The van der Waals surface area contributed by atoms with Crippen LogP contribution in [0, 0.1) is 0 Å². The van der Waals surface area contributed by atoms with Crippen LogP contribution in [-0.4, -0.2) is 28.2 Å². The predicted molar refractivity (Wildman–Crippen MR) is 94.2 cm³/mol. The molecule has 0 saturated heterocycles. The highest BCUT2D eigenvalue weighted by Gasteiger charge is 2.28. The van der Waals surface area contributed by atoms with Gasteiger partial charge in [0.15, 0.2) is 4.84 Å². The van der Waals surface area contributed by atoms with Gasteiger partial charge in [0.2, 0.25) is 0 Å². The zero-order chi connectivity index (χ0) is 15.9. The van der Waals surface area contributed by atoms with E-state index in [0.717, 1.165) is 24.0 Å². The van der Waals surface area contributed by atoms with Gasteiger partial charge in [0, 0.05) is 12.6 Å². The van der Waals surface area contributed by atoms with Crippen molar-refractivity contribution in [1.29, 1.82) is 0 Å². The van der Waals surface area contributed by atoms with Crippen molar-refractivity contribution in [2.24, 2.45) is 0 Å². The Kier molecular flexibility index (Phi) is 6.78. The molecule has 0 spiro atoms. The topological polar surface area (TPSA) is 20.3 Å². The molecule has 0 bridgehead atoms. The number of hydrogen-bond acceptors (Lipinski definition) is 1. The van der Waals surface area contributed by atoms with Gasteiger partial charge in [-0.3, -0.25) is 4.79 Å². The van der Waals surface area contributed by atoms with E-state index >= 15 is 0 Å². The van der Waals surface area contributed by atoms with E-state index < -0.39 is 4.84 Å². The van der Waals surface area contributed by atoms with Gasteiger partial charge in [-0.05, 0) is 25.3 Å². The summed E-state index contributed by atoms with van der Waals surface area (Å²) in [5.74, 6) is -0.170. The van der Waals surface area contributed by atoms with Crippen LogP contribution in [0.1, 0.15) is 44.6 Å². The Hall–Kier alpha value is -0.990. The minimum atomic E-state index is -0.980. The van der Waals surface area contributed by atoms with Crippen LogP contribution in [0.5, 0.6) is 0 Å². The molecule has 0 atom stereocenters. The van der Waals surface area contributed by atoms with Crippen molar-refractivity contribution in [3.63, 3.8) is 0 Å². The van der Waals surface area contributed by atoms with Crippen molar-refractivity contribution in [3.8, 4) is 0 Å². The number of amides is 1. The summed E-state index contributed by atoms with van der Waals surface area (Å²) in [6.07, 6.45) is 7.80. The van der Waals surface area contributed by atoms with Crippen molar-refractivity contribution >= 4 is 35.2 Å². The third kappa shape index (κ3) is 5.03. The minimum absolute atomic E-state index is 0.170. The third-order valence-electron chi connectivity index (χ3n) is 4.12. The van der Waals surface area contributed by atoms with Crippen molar-refractivity contribution in [1.82, 2.24) is 4.90 Å². The summed E-state index contributed by atoms with van der Waals surface area (Å²) in [6.45, 7) is 2.64. The van der Waals surface area contributed by atoms with Crippen LogP contribution in [0.3, 0.4) is 0 Å². The van der Waals surface area contributed by atoms with Crippen molar-refractivity contribution in [2.75, 3.05) is 6.54 Å². The van der Waals surface area contributed by atoms with E-state index in [1.807, 2.05) is 30.0 Å². The molecule has 1 saturated carbocycles. The number of benzene rings is 1. The summed E-state index contributed by atoms with van der Waals surface area (Å²) in [4.78, 5) is 13.3. The lowest BCUT2D eigenvalue weighted by Crippen LogP contribution is -2.44. The van der Waals surface area contributed by atoms with E-state index in [2.05, 4.69) is 18.2 Å². The molecule has 0 aromatic heterocycles. The van der Waals surface area contributed by atoms with Gasteiger partial charge in [0.05, 0.1) is 0 Å². The lowest BCUT2D eigenvalue weighted by molar-refractivity contribution is -0.131. The fourth-order valence-electron chi connectivity index (χ4n) is 3.05. The number of halogens is 2. The number of carbonyl (C=O) groups is 1. The van der Waals surface area contributed by atoms with Gasteiger partial charge in [-0.1, -0.05) is 84.4 Å². The van der Waals surface area contributed by atoms with E-state index in [1.54, 1.807) is 0 Å². The highest BCUT2D eigenvalue weighted by Crippen LogP contribution is 2.25. The van der Waals surface area contributed by atoms with E-state index in [0.29, 0.717) is 6.54 Å². The molecule has 120 valence electrons. The molecule has 1 aliphatic carbocycles.